The minimum Gasteiger partial charge on any atom is -0.316 e. The molecule has 0 spiro atoms. The lowest BCUT2D eigenvalue weighted by Crippen LogP contribution is -2.40. The first kappa shape index (κ1) is 15.0. The van der Waals surface area contributed by atoms with E-state index in [0.717, 1.165) is 19.0 Å². The molecular weight excluding hydrogens is 208 g/mol. The Morgan fingerprint density at radius 1 is 1.18 bits per heavy atom. The lowest BCUT2D eigenvalue weighted by molar-refractivity contribution is 0.167. The molecule has 0 radical (unpaired) electrons. The minimum absolute atomic E-state index is 0.388. The van der Waals surface area contributed by atoms with Crippen molar-refractivity contribution in [1.82, 2.24) is 10.2 Å². The quantitative estimate of drug-likeness (QED) is 0.735. The van der Waals surface area contributed by atoms with Crippen LogP contribution in [0.25, 0.3) is 0 Å². The summed E-state index contributed by atoms with van der Waals surface area (Å²) in [6.07, 6.45) is 7.29. The van der Waals surface area contributed by atoms with Crippen LogP contribution in [0.2, 0.25) is 0 Å². The molecule has 0 aromatic carbocycles. The van der Waals surface area contributed by atoms with E-state index in [2.05, 4.69) is 38.0 Å². The van der Waals surface area contributed by atoms with Crippen LogP contribution in [-0.4, -0.2) is 38.1 Å². The van der Waals surface area contributed by atoms with Crippen LogP contribution in [0.3, 0.4) is 0 Å². The zero-order chi connectivity index (χ0) is 12.7. The number of rotatable bonds is 7. The smallest absolute Gasteiger partial charge is 0.00419 e. The molecule has 2 heteroatoms. The van der Waals surface area contributed by atoms with Gasteiger partial charge in [-0.2, -0.15) is 0 Å². The fourth-order valence-electron chi connectivity index (χ4n) is 3.13. The van der Waals surface area contributed by atoms with E-state index in [1.165, 1.54) is 45.2 Å². The Labute approximate surface area is 108 Å². The molecule has 0 aromatic rings. The third-order valence-corrected chi connectivity index (χ3v) is 3.85. The zero-order valence-electron chi connectivity index (χ0n) is 12.4. The molecule has 1 fully saturated rings. The van der Waals surface area contributed by atoms with Crippen molar-refractivity contribution in [2.24, 2.45) is 11.3 Å². The molecule has 0 heterocycles. The van der Waals surface area contributed by atoms with E-state index < -0.39 is 0 Å². The summed E-state index contributed by atoms with van der Waals surface area (Å²) in [5, 5.41) is 3.47. The van der Waals surface area contributed by atoms with Crippen molar-refractivity contribution in [2.45, 2.75) is 52.9 Å². The summed E-state index contributed by atoms with van der Waals surface area (Å²) in [5.41, 5.74) is 0.388. The van der Waals surface area contributed by atoms with Gasteiger partial charge in [0.05, 0.1) is 0 Å². The predicted octanol–water partition coefficient (Wildman–Crippen LogP) is 3.13. The first-order valence-electron chi connectivity index (χ1n) is 7.43. The summed E-state index contributed by atoms with van der Waals surface area (Å²) in [6, 6.07) is 0. The standard InChI is InChI=1S/C15H32N2/c1-5-16-12-15(2,3)13-17(4)11-14-9-7-6-8-10-14/h14,16H,5-13H2,1-4H3. The Morgan fingerprint density at radius 2 is 1.82 bits per heavy atom. The molecule has 1 rings (SSSR count). The lowest BCUT2D eigenvalue weighted by atomic mass is 9.88. The maximum Gasteiger partial charge on any atom is 0.00419 e. The normalized spacial score (nSPS) is 18.9. The molecule has 1 aliphatic carbocycles. The van der Waals surface area contributed by atoms with Gasteiger partial charge in [0, 0.05) is 19.6 Å². The second kappa shape index (κ2) is 7.38. The maximum atomic E-state index is 3.47. The third kappa shape index (κ3) is 6.42. The van der Waals surface area contributed by atoms with E-state index in [1.54, 1.807) is 0 Å². The first-order valence-corrected chi connectivity index (χ1v) is 7.43. The van der Waals surface area contributed by atoms with Crippen molar-refractivity contribution < 1.29 is 0 Å². The van der Waals surface area contributed by atoms with Gasteiger partial charge in [-0.15, -0.1) is 0 Å². The number of nitrogens with one attached hydrogen (secondary N) is 1. The molecule has 1 aliphatic rings. The Kier molecular flexibility index (Phi) is 6.50. The number of hydrogen-bond donors (Lipinski definition) is 1. The topological polar surface area (TPSA) is 15.3 Å². The SMILES string of the molecule is CCNCC(C)(C)CN(C)CC1CCCCC1. The molecule has 17 heavy (non-hydrogen) atoms. The minimum atomic E-state index is 0.388. The highest BCUT2D eigenvalue weighted by Gasteiger charge is 2.22. The van der Waals surface area contributed by atoms with Crippen molar-refractivity contribution in [3.63, 3.8) is 0 Å². The molecule has 2 nitrogen and oxygen atoms in total. The van der Waals surface area contributed by atoms with Crippen LogP contribution < -0.4 is 5.32 Å². The van der Waals surface area contributed by atoms with Crippen LogP contribution in [0, 0.1) is 11.3 Å². The highest BCUT2D eigenvalue weighted by molar-refractivity contribution is 4.77. The van der Waals surface area contributed by atoms with Gasteiger partial charge in [-0.05, 0) is 37.8 Å². The van der Waals surface area contributed by atoms with Crippen molar-refractivity contribution >= 4 is 0 Å². The summed E-state index contributed by atoms with van der Waals surface area (Å²) in [7, 11) is 2.29. The maximum absolute atomic E-state index is 3.47. The van der Waals surface area contributed by atoms with Crippen LogP contribution >= 0.6 is 0 Å². The molecule has 0 atom stereocenters. The zero-order valence-corrected chi connectivity index (χ0v) is 12.4. The fraction of sp³-hybridized carbons (Fsp3) is 1.00. The fourth-order valence-corrected chi connectivity index (χ4v) is 3.13. The van der Waals surface area contributed by atoms with Crippen molar-refractivity contribution in [1.29, 1.82) is 0 Å². The molecule has 0 aromatic heterocycles. The Balaban J connectivity index is 2.24. The van der Waals surface area contributed by atoms with E-state index in [4.69, 9.17) is 0 Å². The third-order valence-electron chi connectivity index (χ3n) is 3.85. The van der Waals surface area contributed by atoms with Crippen LogP contribution in [0.4, 0.5) is 0 Å². The summed E-state index contributed by atoms with van der Waals surface area (Å²) in [5.74, 6) is 0.962. The highest BCUT2D eigenvalue weighted by Crippen LogP contribution is 2.25. The molecular formula is C15H32N2. The summed E-state index contributed by atoms with van der Waals surface area (Å²) in [4.78, 5) is 2.55. The van der Waals surface area contributed by atoms with Gasteiger partial charge in [-0.25, -0.2) is 0 Å². The average molecular weight is 240 g/mol. The van der Waals surface area contributed by atoms with E-state index in [9.17, 15) is 0 Å². The molecule has 102 valence electrons. The van der Waals surface area contributed by atoms with Gasteiger partial charge in [-0.1, -0.05) is 40.0 Å². The number of hydrogen-bond acceptors (Lipinski definition) is 2. The molecule has 0 aliphatic heterocycles. The Hall–Kier alpha value is -0.0800. The van der Waals surface area contributed by atoms with E-state index in [1.807, 2.05) is 0 Å². The van der Waals surface area contributed by atoms with Gasteiger partial charge in [0.1, 0.15) is 0 Å². The van der Waals surface area contributed by atoms with Gasteiger partial charge in [-0.3, -0.25) is 0 Å². The van der Waals surface area contributed by atoms with E-state index >= 15 is 0 Å². The molecule has 0 saturated heterocycles. The van der Waals surface area contributed by atoms with E-state index in [0.29, 0.717) is 5.41 Å². The highest BCUT2D eigenvalue weighted by atomic mass is 15.1. The average Bonchev–Trinajstić information content (AvgIpc) is 2.27. The second-order valence-electron chi connectivity index (χ2n) is 6.65. The molecule has 1 saturated carbocycles. The second-order valence-corrected chi connectivity index (χ2v) is 6.65. The van der Waals surface area contributed by atoms with Crippen LogP contribution in [-0.2, 0) is 0 Å². The molecule has 0 bridgehead atoms. The van der Waals surface area contributed by atoms with Crippen molar-refractivity contribution in [3.8, 4) is 0 Å². The van der Waals surface area contributed by atoms with Crippen molar-refractivity contribution in [3.05, 3.63) is 0 Å². The summed E-state index contributed by atoms with van der Waals surface area (Å²) < 4.78 is 0. The number of nitrogens with zero attached hydrogens (tertiary/aromatic N) is 1. The predicted molar refractivity (Wildman–Crippen MR) is 76.4 cm³/mol. The van der Waals surface area contributed by atoms with Gasteiger partial charge in [0.2, 0.25) is 0 Å². The molecule has 1 N–H and O–H groups in total. The monoisotopic (exact) mass is 240 g/mol. The van der Waals surface area contributed by atoms with Crippen LogP contribution in [0.5, 0.6) is 0 Å². The van der Waals surface area contributed by atoms with Crippen molar-refractivity contribution in [2.75, 3.05) is 33.2 Å². The van der Waals surface area contributed by atoms with Crippen LogP contribution in [0.1, 0.15) is 52.9 Å². The van der Waals surface area contributed by atoms with Gasteiger partial charge >= 0.3 is 0 Å². The van der Waals surface area contributed by atoms with Gasteiger partial charge in [0.15, 0.2) is 0 Å². The Bertz CT molecular complexity index is 195. The molecule has 0 amide bonds. The lowest BCUT2D eigenvalue weighted by Gasteiger charge is -2.33. The summed E-state index contributed by atoms with van der Waals surface area (Å²) >= 11 is 0. The first-order chi connectivity index (χ1) is 8.03. The van der Waals surface area contributed by atoms with Gasteiger partial charge < -0.3 is 10.2 Å². The Morgan fingerprint density at radius 3 is 2.41 bits per heavy atom. The summed E-state index contributed by atoms with van der Waals surface area (Å²) in [6.45, 7) is 11.6. The largest absolute Gasteiger partial charge is 0.316 e. The van der Waals surface area contributed by atoms with Gasteiger partial charge in [0.25, 0.3) is 0 Å². The van der Waals surface area contributed by atoms with Crippen LogP contribution in [0.15, 0.2) is 0 Å². The van der Waals surface area contributed by atoms with E-state index in [-0.39, 0.29) is 0 Å². The molecule has 0 unspecified atom stereocenters.